The van der Waals surface area contributed by atoms with Gasteiger partial charge in [0.25, 0.3) is 0 Å². The lowest BCUT2D eigenvalue weighted by atomic mass is 9.64. The Morgan fingerprint density at radius 3 is 2.71 bits per heavy atom. The Bertz CT molecular complexity index is 577. The maximum Gasteiger partial charge on any atom is 0.223 e. The first-order chi connectivity index (χ1) is 11.2. The maximum absolute atomic E-state index is 12.8. The van der Waals surface area contributed by atoms with Crippen molar-refractivity contribution < 1.29 is 9.90 Å². The fraction of sp³-hybridized carbons (Fsp3) is 0.667. The van der Waals surface area contributed by atoms with Crippen LogP contribution in [0.2, 0.25) is 0 Å². The second-order valence-corrected chi connectivity index (χ2v) is 8.58. The Morgan fingerprint density at radius 2 is 2.08 bits per heavy atom. The van der Waals surface area contributed by atoms with Crippen LogP contribution in [-0.2, 0) is 11.2 Å². The summed E-state index contributed by atoms with van der Waals surface area (Å²) in [6.07, 6.45) is 4.09. The summed E-state index contributed by atoms with van der Waals surface area (Å²) >= 11 is 0. The summed E-state index contributed by atoms with van der Waals surface area (Å²) in [5.41, 5.74) is 2.20. The second-order valence-electron chi connectivity index (χ2n) is 8.58. The number of aromatic hydroxyl groups is 1. The third kappa shape index (κ3) is 4.75. The normalized spacial score (nSPS) is 23.2. The topological polar surface area (TPSA) is 49.3 Å². The zero-order valence-electron chi connectivity index (χ0n) is 15.9. The molecule has 3 heteroatoms. The van der Waals surface area contributed by atoms with Crippen LogP contribution in [0.3, 0.4) is 0 Å². The highest BCUT2D eigenvalue weighted by molar-refractivity contribution is 5.79. The summed E-state index contributed by atoms with van der Waals surface area (Å²) in [7, 11) is 0. The van der Waals surface area contributed by atoms with E-state index in [0.29, 0.717) is 24.1 Å². The molecule has 1 aromatic rings. The van der Waals surface area contributed by atoms with E-state index in [4.69, 9.17) is 0 Å². The van der Waals surface area contributed by atoms with Crippen molar-refractivity contribution in [1.29, 1.82) is 0 Å². The molecule has 2 unspecified atom stereocenters. The van der Waals surface area contributed by atoms with Crippen LogP contribution >= 0.6 is 0 Å². The Kier molecular flexibility index (Phi) is 5.95. The minimum Gasteiger partial charge on any atom is -0.508 e. The lowest BCUT2D eigenvalue weighted by molar-refractivity contribution is -0.130. The van der Waals surface area contributed by atoms with Crippen molar-refractivity contribution in [3.8, 4) is 5.75 Å². The van der Waals surface area contributed by atoms with Crippen LogP contribution in [0.25, 0.3) is 0 Å². The first-order valence-electron chi connectivity index (χ1n) is 9.26. The monoisotopic (exact) mass is 331 g/mol. The van der Waals surface area contributed by atoms with Crippen molar-refractivity contribution in [2.75, 3.05) is 6.54 Å². The zero-order valence-corrected chi connectivity index (χ0v) is 15.9. The van der Waals surface area contributed by atoms with Crippen LogP contribution in [0.5, 0.6) is 5.75 Å². The van der Waals surface area contributed by atoms with Gasteiger partial charge in [0.1, 0.15) is 5.75 Å². The van der Waals surface area contributed by atoms with Gasteiger partial charge in [0.15, 0.2) is 0 Å². The van der Waals surface area contributed by atoms with Crippen molar-refractivity contribution in [3.63, 3.8) is 0 Å². The number of phenolic OH excluding ortho intramolecular Hbond substituents is 1. The lowest BCUT2D eigenvalue weighted by Crippen LogP contribution is -2.43. The number of hydrogen-bond acceptors (Lipinski definition) is 2. The molecule has 0 aliphatic heterocycles. The molecule has 1 aliphatic carbocycles. The van der Waals surface area contributed by atoms with Crippen LogP contribution in [-0.4, -0.2) is 17.6 Å². The first kappa shape index (κ1) is 18.8. The van der Waals surface area contributed by atoms with Gasteiger partial charge >= 0.3 is 0 Å². The number of carbonyl (C=O) groups excluding carboxylic acids is 1. The van der Waals surface area contributed by atoms with Crippen LogP contribution in [0.15, 0.2) is 18.2 Å². The van der Waals surface area contributed by atoms with Gasteiger partial charge in [-0.2, -0.15) is 0 Å². The van der Waals surface area contributed by atoms with Crippen molar-refractivity contribution >= 4 is 5.91 Å². The summed E-state index contributed by atoms with van der Waals surface area (Å²) in [5.74, 6) is 1.69. The number of carbonyl (C=O) groups is 1. The molecule has 2 rings (SSSR count). The number of amides is 1. The molecule has 24 heavy (non-hydrogen) atoms. The smallest absolute Gasteiger partial charge is 0.223 e. The first-order valence-corrected chi connectivity index (χ1v) is 9.26. The van der Waals surface area contributed by atoms with Crippen molar-refractivity contribution in [1.82, 2.24) is 5.32 Å². The predicted octanol–water partition coefficient (Wildman–Crippen LogP) is 4.46. The maximum atomic E-state index is 12.8. The lowest BCUT2D eigenvalue weighted by Gasteiger charge is -2.41. The van der Waals surface area contributed by atoms with E-state index in [1.165, 1.54) is 6.42 Å². The molecule has 0 radical (unpaired) electrons. The highest BCUT2D eigenvalue weighted by atomic mass is 16.3. The molecule has 0 saturated heterocycles. The van der Waals surface area contributed by atoms with E-state index in [2.05, 4.69) is 33.0 Å². The minimum atomic E-state index is 0.125. The van der Waals surface area contributed by atoms with E-state index in [-0.39, 0.29) is 17.2 Å². The van der Waals surface area contributed by atoms with Gasteiger partial charge in [-0.3, -0.25) is 4.79 Å². The third-order valence-corrected chi connectivity index (χ3v) is 5.62. The Hall–Kier alpha value is -1.51. The molecule has 2 N–H and O–H groups in total. The SMILES string of the molecule is Cc1ccc(CCNC(=O)C2CC(C)(C)CCC2C(C)C)cc1O. The molecule has 0 spiro atoms. The van der Waals surface area contributed by atoms with Gasteiger partial charge in [-0.05, 0) is 67.1 Å². The van der Waals surface area contributed by atoms with E-state index in [1.807, 2.05) is 19.1 Å². The molecule has 0 aromatic heterocycles. The number of aryl methyl sites for hydroxylation is 1. The quantitative estimate of drug-likeness (QED) is 0.837. The summed E-state index contributed by atoms with van der Waals surface area (Å²) in [5, 5.41) is 12.9. The average molecular weight is 332 g/mol. The minimum absolute atomic E-state index is 0.125. The van der Waals surface area contributed by atoms with Crippen molar-refractivity contribution in [2.24, 2.45) is 23.2 Å². The standard InChI is InChI=1S/C21H33NO2/c1-14(2)17-8-10-21(4,5)13-18(17)20(24)22-11-9-16-7-6-15(3)19(23)12-16/h6-7,12,14,17-18,23H,8-11,13H2,1-5H3,(H,22,24). The number of phenols is 1. The zero-order chi connectivity index (χ0) is 17.9. The van der Waals surface area contributed by atoms with Gasteiger partial charge in [-0.1, -0.05) is 39.8 Å². The fourth-order valence-corrected chi connectivity index (χ4v) is 3.96. The molecular weight excluding hydrogens is 298 g/mol. The molecule has 134 valence electrons. The molecule has 1 amide bonds. The number of rotatable bonds is 5. The van der Waals surface area contributed by atoms with Gasteiger partial charge in [0.2, 0.25) is 5.91 Å². The molecule has 1 aromatic carbocycles. The van der Waals surface area contributed by atoms with Crippen LogP contribution in [0.4, 0.5) is 0 Å². The van der Waals surface area contributed by atoms with E-state index in [0.717, 1.165) is 30.4 Å². The van der Waals surface area contributed by atoms with Gasteiger partial charge in [0, 0.05) is 12.5 Å². The van der Waals surface area contributed by atoms with Gasteiger partial charge < -0.3 is 10.4 Å². The van der Waals surface area contributed by atoms with Crippen LogP contribution in [0.1, 0.15) is 58.1 Å². The van der Waals surface area contributed by atoms with Crippen LogP contribution in [0, 0.1) is 30.1 Å². The Labute approximate surface area is 146 Å². The van der Waals surface area contributed by atoms with E-state index in [1.54, 1.807) is 6.07 Å². The second kappa shape index (κ2) is 7.58. The summed E-state index contributed by atoms with van der Waals surface area (Å²) in [6.45, 7) is 11.5. The van der Waals surface area contributed by atoms with Crippen molar-refractivity contribution in [2.45, 2.75) is 60.3 Å². The van der Waals surface area contributed by atoms with E-state index < -0.39 is 0 Å². The molecule has 0 bridgehead atoms. The van der Waals surface area contributed by atoms with E-state index in [9.17, 15) is 9.90 Å². The predicted molar refractivity (Wildman–Crippen MR) is 99.0 cm³/mol. The number of hydrogen-bond donors (Lipinski definition) is 2. The molecular formula is C21H33NO2. The van der Waals surface area contributed by atoms with Crippen molar-refractivity contribution in [3.05, 3.63) is 29.3 Å². The molecule has 3 nitrogen and oxygen atoms in total. The molecule has 2 atom stereocenters. The Balaban J connectivity index is 1.93. The summed E-state index contributed by atoms with van der Waals surface area (Å²) in [4.78, 5) is 12.8. The summed E-state index contributed by atoms with van der Waals surface area (Å²) < 4.78 is 0. The highest BCUT2D eigenvalue weighted by Gasteiger charge is 2.39. The third-order valence-electron chi connectivity index (χ3n) is 5.62. The average Bonchev–Trinajstić information content (AvgIpc) is 2.49. The Morgan fingerprint density at radius 1 is 1.38 bits per heavy atom. The highest BCUT2D eigenvalue weighted by Crippen LogP contribution is 2.44. The van der Waals surface area contributed by atoms with E-state index >= 15 is 0 Å². The molecule has 1 fully saturated rings. The van der Waals surface area contributed by atoms with Gasteiger partial charge in [-0.15, -0.1) is 0 Å². The molecule has 1 saturated carbocycles. The number of nitrogens with one attached hydrogen (secondary N) is 1. The largest absolute Gasteiger partial charge is 0.508 e. The van der Waals surface area contributed by atoms with Crippen LogP contribution < -0.4 is 5.32 Å². The number of benzene rings is 1. The molecule has 0 heterocycles. The summed E-state index contributed by atoms with van der Waals surface area (Å²) in [6, 6.07) is 5.73. The van der Waals surface area contributed by atoms with Gasteiger partial charge in [-0.25, -0.2) is 0 Å². The molecule has 1 aliphatic rings. The fourth-order valence-electron chi connectivity index (χ4n) is 3.96. The van der Waals surface area contributed by atoms with Gasteiger partial charge in [0.05, 0.1) is 0 Å².